The van der Waals surface area contributed by atoms with Crippen molar-refractivity contribution in [1.29, 1.82) is 0 Å². The van der Waals surface area contributed by atoms with Crippen molar-refractivity contribution in [3.05, 3.63) is 70.8 Å². The van der Waals surface area contributed by atoms with Crippen LogP contribution in [0.1, 0.15) is 34.1 Å². The third kappa shape index (κ3) is 1.37. The lowest BCUT2D eigenvalue weighted by Gasteiger charge is -2.48. The average molecular weight is 291 g/mol. The van der Waals surface area contributed by atoms with Crippen molar-refractivity contribution in [3.63, 3.8) is 0 Å². The lowest BCUT2D eigenvalue weighted by atomic mass is 9.54. The van der Waals surface area contributed by atoms with E-state index < -0.39 is 12.0 Å². The number of aliphatic carboxylic acids is 1. The molecule has 1 heterocycles. The lowest BCUT2D eigenvalue weighted by molar-refractivity contribution is -0.140. The first-order valence-electron chi connectivity index (χ1n) is 7.91. The maximum Gasteiger partial charge on any atom is 0.321 e. The highest BCUT2D eigenvalue weighted by atomic mass is 16.4. The topological polar surface area (TPSA) is 49.3 Å². The summed E-state index contributed by atoms with van der Waals surface area (Å²) in [6.07, 6.45) is 0. The highest BCUT2D eigenvalue weighted by Crippen LogP contribution is 2.60. The minimum absolute atomic E-state index is 0.160. The number of hydrogen-bond donors (Lipinski definition) is 2. The summed E-state index contributed by atoms with van der Waals surface area (Å²) in [4.78, 5) is 11.7. The van der Waals surface area contributed by atoms with E-state index in [1.54, 1.807) is 0 Å². The van der Waals surface area contributed by atoms with Crippen LogP contribution in [0, 0.1) is 11.8 Å². The van der Waals surface area contributed by atoms with Crippen LogP contribution in [0.15, 0.2) is 48.5 Å². The summed E-state index contributed by atoms with van der Waals surface area (Å²) in [5.74, 6) is 0.371. The molecular formula is C19H17NO2. The van der Waals surface area contributed by atoms with Crippen molar-refractivity contribution < 1.29 is 9.90 Å². The van der Waals surface area contributed by atoms with Crippen LogP contribution in [0.3, 0.4) is 0 Å². The maximum atomic E-state index is 11.7. The molecule has 0 radical (unpaired) electrons. The number of hydrogen-bond acceptors (Lipinski definition) is 2. The Bertz CT molecular complexity index is 737. The van der Waals surface area contributed by atoms with Gasteiger partial charge in [-0.25, -0.2) is 0 Å². The summed E-state index contributed by atoms with van der Waals surface area (Å²) in [5, 5.41) is 12.9. The van der Waals surface area contributed by atoms with E-state index in [2.05, 4.69) is 53.8 Å². The first-order chi connectivity index (χ1) is 10.8. The minimum atomic E-state index is -0.713. The molecule has 2 aromatic rings. The molecule has 2 aromatic carbocycles. The number of benzene rings is 2. The molecule has 1 aliphatic heterocycles. The largest absolute Gasteiger partial charge is 0.480 e. The van der Waals surface area contributed by atoms with Crippen LogP contribution < -0.4 is 5.32 Å². The standard InChI is InChI=1S/C19H17NO2/c21-19(22)18-17-14(9-20-18)15-10-5-1-3-7-12(10)16(17)13-8-4-2-6-11(13)15/h1-8,14-18,20H,9H2,(H,21,22)/t14-,15?,16?,17-,18+/m0/s1. The van der Waals surface area contributed by atoms with E-state index in [9.17, 15) is 9.90 Å². The van der Waals surface area contributed by atoms with Crippen LogP contribution in [0.2, 0.25) is 0 Å². The molecule has 1 saturated heterocycles. The van der Waals surface area contributed by atoms with Crippen molar-refractivity contribution in [2.24, 2.45) is 11.8 Å². The summed E-state index contributed by atoms with van der Waals surface area (Å²) in [6.45, 7) is 0.797. The van der Waals surface area contributed by atoms with E-state index >= 15 is 0 Å². The Morgan fingerprint density at radius 1 is 0.909 bits per heavy atom. The van der Waals surface area contributed by atoms with Gasteiger partial charge in [0.05, 0.1) is 0 Å². The molecule has 3 nitrogen and oxygen atoms in total. The molecule has 3 atom stereocenters. The molecule has 22 heavy (non-hydrogen) atoms. The fourth-order valence-electron chi connectivity index (χ4n) is 5.18. The molecule has 6 rings (SSSR count). The second kappa shape index (κ2) is 4.20. The van der Waals surface area contributed by atoms with Gasteiger partial charge in [0, 0.05) is 24.3 Å². The van der Waals surface area contributed by atoms with E-state index in [0.717, 1.165) is 6.54 Å². The molecule has 1 fully saturated rings. The maximum absolute atomic E-state index is 11.7. The Balaban J connectivity index is 1.79. The summed E-state index contributed by atoms with van der Waals surface area (Å²) in [7, 11) is 0. The van der Waals surface area contributed by atoms with Gasteiger partial charge >= 0.3 is 5.97 Å². The van der Waals surface area contributed by atoms with Crippen molar-refractivity contribution in [1.82, 2.24) is 5.32 Å². The van der Waals surface area contributed by atoms with Gasteiger partial charge in [-0.3, -0.25) is 4.79 Å². The Hall–Kier alpha value is -2.13. The Kier molecular flexibility index (Phi) is 2.37. The molecule has 2 N–H and O–H groups in total. The molecule has 2 bridgehead atoms. The van der Waals surface area contributed by atoms with Gasteiger partial charge in [-0.1, -0.05) is 48.5 Å². The molecule has 0 saturated carbocycles. The van der Waals surface area contributed by atoms with Gasteiger partial charge in [-0.05, 0) is 28.2 Å². The first kappa shape index (κ1) is 12.4. The molecular weight excluding hydrogens is 274 g/mol. The lowest BCUT2D eigenvalue weighted by Crippen LogP contribution is -2.44. The zero-order chi connectivity index (χ0) is 14.8. The van der Waals surface area contributed by atoms with Gasteiger partial charge in [0.1, 0.15) is 6.04 Å². The van der Waals surface area contributed by atoms with Gasteiger partial charge in [0.15, 0.2) is 0 Å². The van der Waals surface area contributed by atoms with Crippen LogP contribution in [0.5, 0.6) is 0 Å². The van der Waals surface area contributed by atoms with Crippen LogP contribution >= 0.6 is 0 Å². The summed E-state index contributed by atoms with van der Waals surface area (Å²) in [6, 6.07) is 16.8. The van der Waals surface area contributed by atoms with E-state index in [1.807, 2.05) is 0 Å². The van der Waals surface area contributed by atoms with Gasteiger partial charge in [0.25, 0.3) is 0 Å². The smallest absolute Gasteiger partial charge is 0.321 e. The molecule has 3 aliphatic carbocycles. The quantitative estimate of drug-likeness (QED) is 0.849. The normalized spacial score (nSPS) is 33.9. The molecule has 4 aliphatic rings. The predicted molar refractivity (Wildman–Crippen MR) is 83.0 cm³/mol. The second-order valence-corrected chi connectivity index (χ2v) is 6.68. The number of nitrogens with one attached hydrogen (secondary N) is 1. The molecule has 0 spiro atoms. The summed E-state index contributed by atoms with van der Waals surface area (Å²) in [5.41, 5.74) is 5.48. The third-order valence-corrected chi connectivity index (χ3v) is 5.86. The van der Waals surface area contributed by atoms with Crippen molar-refractivity contribution in [2.45, 2.75) is 17.9 Å². The number of carboxylic acid groups (broad SMARTS) is 1. The van der Waals surface area contributed by atoms with Crippen LogP contribution in [-0.2, 0) is 4.79 Å². The SMILES string of the molecule is O=C(O)[C@@H]1NC[C@H]2C3c4ccccc4C(c4ccccc43)[C@@H]12. The van der Waals surface area contributed by atoms with Crippen LogP contribution in [0.4, 0.5) is 0 Å². The van der Waals surface area contributed by atoms with Crippen LogP contribution in [-0.4, -0.2) is 23.7 Å². The van der Waals surface area contributed by atoms with Crippen LogP contribution in [0.25, 0.3) is 0 Å². The minimum Gasteiger partial charge on any atom is -0.480 e. The monoisotopic (exact) mass is 291 g/mol. The average Bonchev–Trinajstić information content (AvgIpc) is 3.00. The molecule has 0 amide bonds. The number of carbonyl (C=O) groups is 1. The highest BCUT2D eigenvalue weighted by molar-refractivity contribution is 5.76. The summed E-state index contributed by atoms with van der Waals surface area (Å²) >= 11 is 0. The van der Waals surface area contributed by atoms with E-state index in [4.69, 9.17) is 0 Å². The van der Waals surface area contributed by atoms with E-state index in [0.29, 0.717) is 11.8 Å². The Morgan fingerprint density at radius 2 is 1.41 bits per heavy atom. The van der Waals surface area contributed by atoms with Gasteiger partial charge in [-0.15, -0.1) is 0 Å². The first-order valence-corrected chi connectivity index (χ1v) is 7.91. The van der Waals surface area contributed by atoms with E-state index in [-0.39, 0.29) is 11.8 Å². The van der Waals surface area contributed by atoms with Gasteiger partial charge < -0.3 is 10.4 Å². The Labute approximate surface area is 129 Å². The highest BCUT2D eigenvalue weighted by Gasteiger charge is 2.56. The molecule has 110 valence electrons. The van der Waals surface area contributed by atoms with Gasteiger partial charge in [-0.2, -0.15) is 0 Å². The Morgan fingerprint density at radius 3 is 1.91 bits per heavy atom. The fraction of sp³-hybridized carbons (Fsp3) is 0.316. The molecule has 3 heteroatoms. The zero-order valence-electron chi connectivity index (χ0n) is 12.1. The molecule has 0 unspecified atom stereocenters. The fourth-order valence-corrected chi connectivity index (χ4v) is 5.18. The second-order valence-electron chi connectivity index (χ2n) is 6.68. The number of carboxylic acids is 1. The van der Waals surface area contributed by atoms with Crippen molar-refractivity contribution >= 4 is 5.97 Å². The summed E-state index contributed by atoms with van der Waals surface area (Å²) < 4.78 is 0. The van der Waals surface area contributed by atoms with E-state index in [1.165, 1.54) is 22.3 Å². The van der Waals surface area contributed by atoms with Gasteiger partial charge in [0.2, 0.25) is 0 Å². The number of rotatable bonds is 1. The molecule has 0 aromatic heterocycles. The third-order valence-electron chi connectivity index (χ3n) is 5.86. The predicted octanol–water partition coefficient (Wildman–Crippen LogP) is 2.57. The van der Waals surface area contributed by atoms with Crippen molar-refractivity contribution in [3.8, 4) is 0 Å². The van der Waals surface area contributed by atoms with Crippen molar-refractivity contribution in [2.75, 3.05) is 6.54 Å². The zero-order valence-corrected chi connectivity index (χ0v) is 12.1.